The molecule has 1 aromatic rings. The van der Waals surface area contributed by atoms with Crippen molar-refractivity contribution in [2.75, 3.05) is 53.0 Å². The number of nitrogens with one attached hydrogen (secondary N) is 1. The first-order valence-electron chi connectivity index (χ1n) is 11.1. The molecule has 0 aromatic heterocycles. The molecular weight excluding hydrogens is 382 g/mol. The lowest BCUT2D eigenvalue weighted by Gasteiger charge is -2.40. The summed E-state index contributed by atoms with van der Waals surface area (Å²) in [5.74, 6) is 0.529. The molecule has 1 saturated heterocycles. The number of amides is 2. The molecule has 7 heteroatoms. The molecule has 2 amide bonds. The highest BCUT2D eigenvalue weighted by molar-refractivity contribution is 5.82. The number of nitrogens with zero attached hydrogens (tertiary/aromatic N) is 2. The van der Waals surface area contributed by atoms with Crippen molar-refractivity contribution in [3.8, 4) is 0 Å². The van der Waals surface area contributed by atoms with Crippen molar-refractivity contribution in [2.24, 2.45) is 5.92 Å². The lowest BCUT2D eigenvalue weighted by Crippen LogP contribution is -2.58. The van der Waals surface area contributed by atoms with E-state index in [2.05, 4.69) is 10.2 Å². The Morgan fingerprint density at radius 3 is 2.47 bits per heavy atom. The van der Waals surface area contributed by atoms with E-state index >= 15 is 0 Å². The summed E-state index contributed by atoms with van der Waals surface area (Å²) in [7, 11) is 1.64. The van der Waals surface area contributed by atoms with Crippen LogP contribution in [0.1, 0.15) is 31.2 Å². The Bertz CT molecular complexity index is 656. The van der Waals surface area contributed by atoms with Crippen LogP contribution in [0.2, 0.25) is 0 Å². The molecule has 2 fully saturated rings. The van der Waals surface area contributed by atoms with E-state index in [-0.39, 0.29) is 24.5 Å². The molecule has 1 aliphatic carbocycles. The molecule has 2 aliphatic rings. The summed E-state index contributed by atoms with van der Waals surface area (Å²) < 4.78 is 10.7. The SMILES string of the molecule is COCCNC(=O)[C@@H](C1CCCC1)N1CCN(C(=O)COCc2ccccc2)CC1. The van der Waals surface area contributed by atoms with Crippen molar-refractivity contribution < 1.29 is 19.1 Å². The molecule has 0 unspecified atom stereocenters. The maximum Gasteiger partial charge on any atom is 0.248 e. The van der Waals surface area contributed by atoms with E-state index in [0.717, 1.165) is 31.5 Å². The van der Waals surface area contributed by atoms with E-state index in [1.807, 2.05) is 35.2 Å². The highest BCUT2D eigenvalue weighted by Gasteiger charge is 2.37. The number of carbonyl (C=O) groups excluding carboxylic acids is 2. The van der Waals surface area contributed by atoms with Crippen molar-refractivity contribution in [2.45, 2.75) is 38.3 Å². The van der Waals surface area contributed by atoms with Crippen LogP contribution in [0.4, 0.5) is 0 Å². The van der Waals surface area contributed by atoms with Gasteiger partial charge in [-0.05, 0) is 24.3 Å². The van der Waals surface area contributed by atoms with Crippen molar-refractivity contribution in [3.05, 3.63) is 35.9 Å². The quantitative estimate of drug-likeness (QED) is 0.587. The van der Waals surface area contributed by atoms with Crippen LogP contribution < -0.4 is 5.32 Å². The fourth-order valence-electron chi connectivity index (χ4n) is 4.50. The van der Waals surface area contributed by atoms with Gasteiger partial charge in [0, 0.05) is 39.8 Å². The standard InChI is InChI=1S/C23H35N3O4/c1-29-16-11-24-23(28)22(20-9-5-6-10-20)26-14-12-25(13-15-26)21(27)18-30-17-19-7-3-2-4-8-19/h2-4,7-8,20,22H,5-6,9-18H2,1H3,(H,24,28)/t22-/m1/s1. The molecule has 1 aliphatic heterocycles. The van der Waals surface area contributed by atoms with Gasteiger partial charge in [0.05, 0.1) is 19.3 Å². The number of ether oxygens (including phenoxy) is 2. The minimum Gasteiger partial charge on any atom is -0.383 e. The van der Waals surface area contributed by atoms with Gasteiger partial charge in [0.1, 0.15) is 6.61 Å². The molecule has 7 nitrogen and oxygen atoms in total. The van der Waals surface area contributed by atoms with Crippen LogP contribution in [-0.2, 0) is 25.7 Å². The van der Waals surface area contributed by atoms with Gasteiger partial charge in [0.2, 0.25) is 11.8 Å². The normalized spacial score (nSPS) is 19.0. The summed E-state index contributed by atoms with van der Waals surface area (Å²) in [5, 5.41) is 3.03. The summed E-state index contributed by atoms with van der Waals surface area (Å²) >= 11 is 0. The van der Waals surface area contributed by atoms with E-state index in [9.17, 15) is 9.59 Å². The lowest BCUT2D eigenvalue weighted by atomic mass is 9.95. The molecule has 1 heterocycles. The molecule has 1 aromatic carbocycles. The van der Waals surface area contributed by atoms with Crippen LogP contribution in [-0.4, -0.2) is 80.7 Å². The van der Waals surface area contributed by atoms with Crippen LogP contribution in [0.15, 0.2) is 30.3 Å². The van der Waals surface area contributed by atoms with Gasteiger partial charge in [0.25, 0.3) is 0 Å². The van der Waals surface area contributed by atoms with E-state index < -0.39 is 0 Å². The second kappa shape index (κ2) is 12.0. The number of carbonyl (C=O) groups is 2. The second-order valence-corrected chi connectivity index (χ2v) is 8.17. The molecular formula is C23H35N3O4. The third-order valence-corrected chi connectivity index (χ3v) is 6.12. The predicted octanol–water partition coefficient (Wildman–Crippen LogP) is 1.67. The first kappa shape index (κ1) is 22.7. The molecule has 3 rings (SSSR count). The van der Waals surface area contributed by atoms with Crippen LogP contribution in [0.3, 0.4) is 0 Å². The van der Waals surface area contributed by atoms with Crippen molar-refractivity contribution in [3.63, 3.8) is 0 Å². The number of methoxy groups -OCH3 is 1. The molecule has 0 spiro atoms. The average Bonchev–Trinajstić information content (AvgIpc) is 3.29. The zero-order valence-corrected chi connectivity index (χ0v) is 18.1. The van der Waals surface area contributed by atoms with Gasteiger partial charge < -0.3 is 19.7 Å². The summed E-state index contributed by atoms with van der Waals surface area (Å²) in [5.41, 5.74) is 1.06. The Morgan fingerprint density at radius 2 is 1.80 bits per heavy atom. The fourth-order valence-corrected chi connectivity index (χ4v) is 4.50. The average molecular weight is 418 g/mol. The molecule has 166 valence electrons. The molecule has 30 heavy (non-hydrogen) atoms. The van der Waals surface area contributed by atoms with E-state index in [4.69, 9.17) is 9.47 Å². The Labute approximate surface area is 179 Å². The third-order valence-electron chi connectivity index (χ3n) is 6.12. The van der Waals surface area contributed by atoms with Gasteiger partial charge in [-0.2, -0.15) is 0 Å². The maximum absolute atomic E-state index is 12.9. The summed E-state index contributed by atoms with van der Waals surface area (Å²) in [6.45, 7) is 4.33. The zero-order valence-electron chi connectivity index (χ0n) is 18.1. The number of hydrogen-bond donors (Lipinski definition) is 1. The minimum atomic E-state index is -0.101. The van der Waals surface area contributed by atoms with Gasteiger partial charge in [0.15, 0.2) is 0 Å². The van der Waals surface area contributed by atoms with Crippen molar-refractivity contribution >= 4 is 11.8 Å². The molecule has 1 N–H and O–H groups in total. The minimum absolute atomic E-state index is 0.0209. The smallest absolute Gasteiger partial charge is 0.248 e. The molecule has 1 saturated carbocycles. The molecule has 0 bridgehead atoms. The van der Waals surface area contributed by atoms with Crippen LogP contribution in [0.25, 0.3) is 0 Å². The van der Waals surface area contributed by atoms with Crippen molar-refractivity contribution in [1.29, 1.82) is 0 Å². The van der Waals surface area contributed by atoms with Crippen LogP contribution in [0, 0.1) is 5.92 Å². The topological polar surface area (TPSA) is 71.1 Å². The van der Waals surface area contributed by atoms with Gasteiger partial charge in [-0.1, -0.05) is 43.2 Å². The Balaban J connectivity index is 1.46. The molecule has 1 atom stereocenters. The van der Waals surface area contributed by atoms with Crippen LogP contribution >= 0.6 is 0 Å². The largest absolute Gasteiger partial charge is 0.383 e. The summed E-state index contributed by atoms with van der Waals surface area (Å²) in [6.07, 6.45) is 4.61. The monoisotopic (exact) mass is 417 g/mol. The Morgan fingerprint density at radius 1 is 1.10 bits per heavy atom. The summed E-state index contributed by atoms with van der Waals surface area (Å²) in [6, 6.07) is 9.77. The van der Waals surface area contributed by atoms with E-state index in [1.54, 1.807) is 7.11 Å². The number of piperazine rings is 1. The van der Waals surface area contributed by atoms with Gasteiger partial charge in [-0.25, -0.2) is 0 Å². The van der Waals surface area contributed by atoms with Gasteiger partial charge in [-0.15, -0.1) is 0 Å². The Hall–Kier alpha value is -1.96. The van der Waals surface area contributed by atoms with E-state index in [1.165, 1.54) is 12.8 Å². The highest BCUT2D eigenvalue weighted by Crippen LogP contribution is 2.31. The Kier molecular flexibility index (Phi) is 9.11. The fraction of sp³-hybridized carbons (Fsp3) is 0.652. The van der Waals surface area contributed by atoms with Crippen LogP contribution in [0.5, 0.6) is 0 Å². The highest BCUT2D eigenvalue weighted by atomic mass is 16.5. The number of benzene rings is 1. The zero-order chi connectivity index (χ0) is 21.2. The van der Waals surface area contributed by atoms with E-state index in [0.29, 0.717) is 38.8 Å². The number of rotatable bonds is 10. The third kappa shape index (κ3) is 6.52. The first-order valence-corrected chi connectivity index (χ1v) is 11.1. The maximum atomic E-state index is 12.9. The number of hydrogen-bond acceptors (Lipinski definition) is 5. The van der Waals surface area contributed by atoms with Gasteiger partial charge in [-0.3, -0.25) is 14.5 Å². The lowest BCUT2D eigenvalue weighted by molar-refractivity contribution is -0.139. The second-order valence-electron chi connectivity index (χ2n) is 8.17. The predicted molar refractivity (Wildman–Crippen MR) is 115 cm³/mol. The van der Waals surface area contributed by atoms with Gasteiger partial charge >= 0.3 is 0 Å². The molecule has 0 radical (unpaired) electrons. The summed E-state index contributed by atoms with van der Waals surface area (Å²) in [4.78, 5) is 29.5. The first-order chi connectivity index (χ1) is 14.7. The van der Waals surface area contributed by atoms with Crippen molar-refractivity contribution in [1.82, 2.24) is 15.1 Å².